The number of fused-ring (bicyclic) bond motifs is 1. The molecule has 1 amide bonds. The molecule has 29 heavy (non-hydrogen) atoms. The lowest BCUT2D eigenvalue weighted by molar-refractivity contribution is -0.384. The first kappa shape index (κ1) is 20.9. The van der Waals surface area contributed by atoms with E-state index in [1.807, 2.05) is 6.92 Å². The fraction of sp³-hybridized carbons (Fsp3) is 0.381. The maximum absolute atomic E-state index is 13.1. The first-order valence-corrected chi connectivity index (χ1v) is 10.0. The molecule has 0 aromatic heterocycles. The highest BCUT2D eigenvalue weighted by Crippen LogP contribution is 2.38. The minimum Gasteiger partial charge on any atom is -0.490 e. The standard InChI is InChI=1S/C21H23ClN2O5/c1-3-5-10-29-20-17(22)12-15(13-19(20)28-4-2)21(25)23-9-8-14-11-16(24(26)27)6-7-18(14)23/h6-7,11-13H,3-5,8-10H2,1-2H3. The molecule has 1 heterocycles. The second-order valence-electron chi connectivity index (χ2n) is 6.70. The van der Waals surface area contributed by atoms with Gasteiger partial charge in [0.1, 0.15) is 0 Å². The molecule has 0 fully saturated rings. The Hall–Kier alpha value is -2.80. The Kier molecular flexibility index (Phi) is 6.59. The molecule has 0 bridgehead atoms. The third-order valence-electron chi connectivity index (χ3n) is 4.72. The number of carbonyl (C=O) groups excluding carboxylic acids is 1. The summed E-state index contributed by atoms with van der Waals surface area (Å²) in [7, 11) is 0. The number of halogens is 1. The van der Waals surface area contributed by atoms with E-state index in [0.29, 0.717) is 54.0 Å². The zero-order valence-corrected chi connectivity index (χ0v) is 17.2. The molecule has 0 saturated carbocycles. The normalized spacial score (nSPS) is 12.6. The summed E-state index contributed by atoms with van der Waals surface area (Å²) >= 11 is 6.41. The maximum atomic E-state index is 13.1. The van der Waals surface area contributed by atoms with Crippen molar-refractivity contribution in [3.8, 4) is 11.5 Å². The molecule has 154 valence electrons. The second kappa shape index (κ2) is 9.13. The van der Waals surface area contributed by atoms with Gasteiger partial charge in [-0.1, -0.05) is 24.9 Å². The van der Waals surface area contributed by atoms with Crippen LogP contribution in [0.25, 0.3) is 0 Å². The number of nitro groups is 1. The van der Waals surface area contributed by atoms with Crippen molar-refractivity contribution in [2.75, 3.05) is 24.7 Å². The summed E-state index contributed by atoms with van der Waals surface area (Å²) in [5.41, 5.74) is 1.86. The van der Waals surface area contributed by atoms with E-state index in [4.69, 9.17) is 21.1 Å². The number of rotatable bonds is 8. The van der Waals surface area contributed by atoms with Gasteiger partial charge in [-0.05, 0) is 43.5 Å². The van der Waals surface area contributed by atoms with Crippen LogP contribution in [0.5, 0.6) is 11.5 Å². The highest BCUT2D eigenvalue weighted by Gasteiger charge is 2.28. The minimum absolute atomic E-state index is 0.0216. The Bertz CT molecular complexity index is 932. The number of carbonyl (C=O) groups is 1. The molecule has 1 aliphatic heterocycles. The van der Waals surface area contributed by atoms with Crippen molar-refractivity contribution >= 4 is 28.9 Å². The molecule has 2 aromatic rings. The van der Waals surface area contributed by atoms with Crippen LogP contribution < -0.4 is 14.4 Å². The molecule has 0 N–H and O–H groups in total. The molecule has 0 saturated heterocycles. The highest BCUT2D eigenvalue weighted by molar-refractivity contribution is 6.33. The van der Waals surface area contributed by atoms with Gasteiger partial charge in [0, 0.05) is 29.9 Å². The molecule has 0 radical (unpaired) electrons. The highest BCUT2D eigenvalue weighted by atomic mass is 35.5. The summed E-state index contributed by atoms with van der Waals surface area (Å²) in [4.78, 5) is 25.3. The number of anilines is 1. The van der Waals surface area contributed by atoms with Gasteiger partial charge in [0.2, 0.25) is 0 Å². The number of unbranched alkanes of at least 4 members (excludes halogenated alkanes) is 1. The van der Waals surface area contributed by atoms with Gasteiger partial charge >= 0.3 is 0 Å². The third-order valence-corrected chi connectivity index (χ3v) is 5.00. The lowest BCUT2D eigenvalue weighted by atomic mass is 10.1. The van der Waals surface area contributed by atoms with E-state index in [1.165, 1.54) is 12.1 Å². The lowest BCUT2D eigenvalue weighted by Crippen LogP contribution is -2.29. The predicted molar refractivity (Wildman–Crippen MR) is 112 cm³/mol. The van der Waals surface area contributed by atoms with Gasteiger partial charge in [-0.15, -0.1) is 0 Å². The van der Waals surface area contributed by atoms with Crippen LogP contribution in [0.15, 0.2) is 30.3 Å². The van der Waals surface area contributed by atoms with Crippen molar-refractivity contribution in [3.05, 3.63) is 56.6 Å². The maximum Gasteiger partial charge on any atom is 0.269 e. The molecule has 7 nitrogen and oxygen atoms in total. The van der Waals surface area contributed by atoms with E-state index >= 15 is 0 Å². The monoisotopic (exact) mass is 418 g/mol. The van der Waals surface area contributed by atoms with Crippen LogP contribution in [0.3, 0.4) is 0 Å². The molecule has 8 heteroatoms. The molecule has 0 unspecified atom stereocenters. The molecule has 0 spiro atoms. The first-order valence-electron chi connectivity index (χ1n) is 9.64. The molecule has 2 aromatic carbocycles. The molecule has 1 aliphatic rings. The van der Waals surface area contributed by atoms with Crippen molar-refractivity contribution in [2.24, 2.45) is 0 Å². The lowest BCUT2D eigenvalue weighted by Gasteiger charge is -2.19. The van der Waals surface area contributed by atoms with Crippen molar-refractivity contribution in [1.82, 2.24) is 0 Å². The molecule has 0 atom stereocenters. The van der Waals surface area contributed by atoms with Crippen LogP contribution in [0.2, 0.25) is 5.02 Å². The van der Waals surface area contributed by atoms with Crippen LogP contribution in [-0.4, -0.2) is 30.6 Å². The van der Waals surface area contributed by atoms with Crippen LogP contribution in [0.1, 0.15) is 42.6 Å². The first-order chi connectivity index (χ1) is 14.0. The van der Waals surface area contributed by atoms with Gasteiger partial charge < -0.3 is 14.4 Å². The van der Waals surface area contributed by atoms with E-state index in [1.54, 1.807) is 23.1 Å². The zero-order valence-electron chi connectivity index (χ0n) is 16.4. The predicted octanol–water partition coefficient (Wildman–Crippen LogP) is 5.03. The number of hydrogen-bond acceptors (Lipinski definition) is 5. The fourth-order valence-electron chi connectivity index (χ4n) is 3.28. The average Bonchev–Trinajstić information content (AvgIpc) is 3.12. The number of amides is 1. The molecular formula is C21H23ClN2O5. The Labute approximate surface area is 174 Å². The number of nitrogens with zero attached hydrogens (tertiary/aromatic N) is 2. The van der Waals surface area contributed by atoms with Crippen molar-refractivity contribution in [1.29, 1.82) is 0 Å². The molecular weight excluding hydrogens is 396 g/mol. The summed E-state index contributed by atoms with van der Waals surface area (Å²) in [6.45, 7) is 5.29. The SMILES string of the molecule is CCCCOc1c(Cl)cc(C(=O)N2CCc3cc([N+](=O)[O-])ccc32)cc1OCC. The van der Waals surface area contributed by atoms with Gasteiger partial charge in [-0.3, -0.25) is 14.9 Å². The Morgan fingerprint density at radius 3 is 2.72 bits per heavy atom. The fourth-order valence-corrected chi connectivity index (χ4v) is 3.55. The van der Waals surface area contributed by atoms with Gasteiger partial charge in [-0.25, -0.2) is 0 Å². The van der Waals surface area contributed by atoms with E-state index < -0.39 is 4.92 Å². The van der Waals surface area contributed by atoms with Crippen LogP contribution >= 0.6 is 11.6 Å². The van der Waals surface area contributed by atoms with Gasteiger partial charge in [0.05, 0.1) is 23.2 Å². The Morgan fingerprint density at radius 2 is 2.03 bits per heavy atom. The number of benzene rings is 2. The van der Waals surface area contributed by atoms with E-state index in [0.717, 1.165) is 18.4 Å². The Morgan fingerprint density at radius 1 is 1.24 bits per heavy atom. The number of hydrogen-bond donors (Lipinski definition) is 0. The quantitative estimate of drug-likeness (QED) is 0.341. The number of non-ortho nitro benzene ring substituents is 1. The number of nitro benzene ring substituents is 1. The van der Waals surface area contributed by atoms with Gasteiger partial charge in [0.15, 0.2) is 11.5 Å². The minimum atomic E-state index is -0.434. The van der Waals surface area contributed by atoms with E-state index in [-0.39, 0.29) is 11.6 Å². The summed E-state index contributed by atoms with van der Waals surface area (Å²) < 4.78 is 11.4. The summed E-state index contributed by atoms with van der Waals surface area (Å²) in [5.74, 6) is 0.638. The van der Waals surface area contributed by atoms with Gasteiger partial charge in [-0.2, -0.15) is 0 Å². The third kappa shape index (κ3) is 4.45. The van der Waals surface area contributed by atoms with E-state index in [2.05, 4.69) is 6.92 Å². The largest absolute Gasteiger partial charge is 0.490 e. The second-order valence-corrected chi connectivity index (χ2v) is 7.10. The number of ether oxygens (including phenoxy) is 2. The van der Waals surface area contributed by atoms with Crippen LogP contribution in [0, 0.1) is 10.1 Å². The Balaban J connectivity index is 1.89. The molecule has 0 aliphatic carbocycles. The van der Waals surface area contributed by atoms with Crippen LogP contribution in [-0.2, 0) is 6.42 Å². The van der Waals surface area contributed by atoms with Crippen molar-refractivity contribution in [3.63, 3.8) is 0 Å². The molecule has 3 rings (SSSR count). The van der Waals surface area contributed by atoms with Gasteiger partial charge in [0.25, 0.3) is 11.6 Å². The van der Waals surface area contributed by atoms with Crippen molar-refractivity contribution in [2.45, 2.75) is 33.1 Å². The summed E-state index contributed by atoms with van der Waals surface area (Å²) in [6.07, 6.45) is 2.44. The van der Waals surface area contributed by atoms with E-state index in [9.17, 15) is 14.9 Å². The summed E-state index contributed by atoms with van der Waals surface area (Å²) in [6, 6.07) is 7.77. The smallest absolute Gasteiger partial charge is 0.269 e. The zero-order chi connectivity index (χ0) is 21.0. The average molecular weight is 419 g/mol. The van der Waals surface area contributed by atoms with Crippen LogP contribution in [0.4, 0.5) is 11.4 Å². The summed E-state index contributed by atoms with van der Waals surface area (Å²) in [5, 5.41) is 11.3. The topological polar surface area (TPSA) is 81.9 Å². The van der Waals surface area contributed by atoms with Crippen molar-refractivity contribution < 1.29 is 19.2 Å².